The normalized spacial score (nSPS) is 14.0. The highest BCUT2D eigenvalue weighted by Gasteiger charge is 2.17. The Morgan fingerprint density at radius 2 is 1.33 bits per heavy atom. The molecular weight excluding hydrogens is 332 g/mol. The van der Waals surface area contributed by atoms with E-state index in [0.29, 0.717) is 5.84 Å². The van der Waals surface area contributed by atoms with Gasteiger partial charge in [-0.25, -0.2) is 0 Å². The molecule has 4 aromatic rings. The van der Waals surface area contributed by atoms with Crippen LogP contribution in [0.4, 0.5) is 5.69 Å². The average molecular weight is 350 g/mol. The summed E-state index contributed by atoms with van der Waals surface area (Å²) < 4.78 is 0. The molecule has 0 aromatic heterocycles. The van der Waals surface area contributed by atoms with Gasteiger partial charge in [-0.15, -0.1) is 5.10 Å². The fraction of sp³-hybridized carbons (Fsp3) is 0. The van der Waals surface area contributed by atoms with E-state index < -0.39 is 0 Å². The molecule has 0 radical (unpaired) electrons. The smallest absolute Gasteiger partial charge is 0.148 e. The third-order valence-electron chi connectivity index (χ3n) is 4.81. The molecule has 0 amide bonds. The molecule has 0 aliphatic carbocycles. The molecule has 1 aliphatic heterocycles. The lowest BCUT2D eigenvalue weighted by Crippen LogP contribution is -2.38. The van der Waals surface area contributed by atoms with Gasteiger partial charge < -0.3 is 5.73 Å². The zero-order chi connectivity index (χ0) is 18.2. The predicted molar refractivity (Wildman–Crippen MR) is 113 cm³/mol. The number of rotatable bonds is 2. The first-order valence-electron chi connectivity index (χ1n) is 8.88. The molecule has 0 unspecified atom stereocenters. The van der Waals surface area contributed by atoms with Crippen LogP contribution in [-0.4, -0.2) is 5.84 Å². The van der Waals surface area contributed by atoms with Crippen molar-refractivity contribution in [3.63, 3.8) is 0 Å². The topological polar surface area (TPSA) is 53.6 Å². The molecule has 130 valence electrons. The van der Waals surface area contributed by atoms with Gasteiger partial charge in [-0.2, -0.15) is 5.12 Å². The van der Waals surface area contributed by atoms with Crippen molar-refractivity contribution >= 4 is 38.8 Å². The Bertz CT molecular complexity index is 1210. The van der Waals surface area contributed by atoms with E-state index in [2.05, 4.69) is 65.1 Å². The van der Waals surface area contributed by atoms with E-state index in [1.807, 2.05) is 36.4 Å². The van der Waals surface area contributed by atoms with Gasteiger partial charge in [0.05, 0.1) is 11.4 Å². The van der Waals surface area contributed by atoms with Crippen LogP contribution >= 0.6 is 0 Å². The van der Waals surface area contributed by atoms with Gasteiger partial charge in [-0.05, 0) is 22.2 Å². The minimum atomic E-state index is 0.463. The van der Waals surface area contributed by atoms with E-state index >= 15 is 0 Å². The summed E-state index contributed by atoms with van der Waals surface area (Å²) in [4.78, 5) is 0. The number of hydrogen-bond donors (Lipinski definition) is 2. The highest BCUT2D eigenvalue weighted by Crippen LogP contribution is 2.30. The second-order valence-corrected chi connectivity index (χ2v) is 6.53. The van der Waals surface area contributed by atoms with Gasteiger partial charge in [0.25, 0.3) is 0 Å². The summed E-state index contributed by atoms with van der Waals surface area (Å²) >= 11 is 0. The van der Waals surface area contributed by atoms with Gasteiger partial charge >= 0.3 is 0 Å². The van der Waals surface area contributed by atoms with Gasteiger partial charge in [0.1, 0.15) is 5.84 Å². The number of nitrogens with two attached hydrogens (primary N) is 1. The summed E-state index contributed by atoms with van der Waals surface area (Å²) in [5, 5.41) is 10.9. The first-order chi connectivity index (χ1) is 13.3. The third kappa shape index (κ3) is 2.68. The average Bonchev–Trinajstić information content (AvgIpc) is 2.72. The molecule has 0 bridgehead atoms. The first-order valence-corrected chi connectivity index (χ1v) is 8.88. The zero-order valence-electron chi connectivity index (χ0n) is 14.6. The molecule has 0 atom stereocenters. The van der Waals surface area contributed by atoms with Crippen LogP contribution in [0.3, 0.4) is 0 Å². The van der Waals surface area contributed by atoms with Crippen LogP contribution in [0.1, 0.15) is 5.56 Å². The van der Waals surface area contributed by atoms with Crippen molar-refractivity contribution in [3.8, 4) is 0 Å². The Morgan fingerprint density at radius 3 is 2.15 bits per heavy atom. The van der Waals surface area contributed by atoms with Crippen LogP contribution in [-0.2, 0) is 0 Å². The first kappa shape index (κ1) is 15.5. The second kappa shape index (κ2) is 6.18. The minimum absolute atomic E-state index is 0.463. The molecular formula is C23H18N4. The summed E-state index contributed by atoms with van der Waals surface area (Å²) in [7, 11) is 0. The van der Waals surface area contributed by atoms with Crippen LogP contribution in [0.5, 0.6) is 0 Å². The van der Waals surface area contributed by atoms with Gasteiger partial charge in [-0.1, -0.05) is 78.9 Å². The maximum Gasteiger partial charge on any atom is 0.148 e. The molecule has 1 aliphatic rings. The summed E-state index contributed by atoms with van der Waals surface area (Å²) in [6.07, 6.45) is 1.88. The molecule has 0 saturated carbocycles. The standard InChI is InChI=1S/C23H18N4/c24-23-15-21(20-13-5-9-16-7-1-3-11-18(16)20)25-27(26-23)22-14-6-10-17-8-2-4-12-19(17)22/h1-15,25H,(H2,24,26). The fourth-order valence-corrected chi connectivity index (χ4v) is 3.57. The predicted octanol–water partition coefficient (Wildman–Crippen LogP) is 4.63. The third-order valence-corrected chi connectivity index (χ3v) is 4.81. The molecule has 4 nitrogen and oxygen atoms in total. The molecule has 5 rings (SSSR count). The zero-order valence-corrected chi connectivity index (χ0v) is 14.6. The summed E-state index contributed by atoms with van der Waals surface area (Å²) in [6.45, 7) is 0. The van der Waals surface area contributed by atoms with Crippen molar-refractivity contribution in [2.45, 2.75) is 0 Å². The molecule has 27 heavy (non-hydrogen) atoms. The number of hydrazone groups is 1. The lowest BCUT2D eigenvalue weighted by atomic mass is 10.0. The second-order valence-electron chi connectivity index (χ2n) is 6.53. The number of amidine groups is 1. The van der Waals surface area contributed by atoms with E-state index in [9.17, 15) is 0 Å². The highest BCUT2D eigenvalue weighted by atomic mass is 15.7. The van der Waals surface area contributed by atoms with E-state index in [-0.39, 0.29) is 0 Å². The lowest BCUT2D eigenvalue weighted by Gasteiger charge is -2.28. The quantitative estimate of drug-likeness (QED) is 0.554. The number of hydrazine groups is 1. The van der Waals surface area contributed by atoms with Gasteiger partial charge in [0.15, 0.2) is 0 Å². The summed E-state index contributed by atoms with van der Waals surface area (Å²) in [5.41, 5.74) is 12.6. The van der Waals surface area contributed by atoms with Crippen molar-refractivity contribution in [3.05, 3.63) is 96.6 Å². The van der Waals surface area contributed by atoms with E-state index in [0.717, 1.165) is 27.7 Å². The van der Waals surface area contributed by atoms with Gasteiger partial charge in [0.2, 0.25) is 0 Å². The summed E-state index contributed by atoms with van der Waals surface area (Å²) in [5.74, 6) is 0.463. The number of benzene rings is 4. The van der Waals surface area contributed by atoms with Gasteiger partial charge in [-0.3, -0.25) is 5.43 Å². The molecule has 0 saturated heterocycles. The van der Waals surface area contributed by atoms with Crippen LogP contribution < -0.4 is 16.3 Å². The lowest BCUT2D eigenvalue weighted by molar-refractivity contribution is 0.789. The van der Waals surface area contributed by atoms with Crippen LogP contribution in [0.25, 0.3) is 27.2 Å². The van der Waals surface area contributed by atoms with E-state index in [4.69, 9.17) is 5.73 Å². The molecule has 0 fully saturated rings. The number of anilines is 1. The van der Waals surface area contributed by atoms with Gasteiger partial charge in [0, 0.05) is 17.0 Å². The number of nitrogens with zero attached hydrogens (tertiary/aromatic N) is 2. The maximum atomic E-state index is 6.17. The van der Waals surface area contributed by atoms with Crippen LogP contribution in [0.2, 0.25) is 0 Å². The number of hydrogen-bond acceptors (Lipinski definition) is 4. The van der Waals surface area contributed by atoms with Crippen molar-refractivity contribution in [1.82, 2.24) is 5.43 Å². The summed E-state index contributed by atoms with van der Waals surface area (Å²) in [6, 6.07) is 29.0. The van der Waals surface area contributed by atoms with Crippen molar-refractivity contribution < 1.29 is 0 Å². The number of fused-ring (bicyclic) bond motifs is 2. The fourth-order valence-electron chi connectivity index (χ4n) is 3.57. The van der Waals surface area contributed by atoms with Crippen LogP contribution in [0.15, 0.2) is 96.1 Å². The Morgan fingerprint density at radius 1 is 0.704 bits per heavy atom. The van der Waals surface area contributed by atoms with E-state index in [1.54, 1.807) is 5.12 Å². The molecule has 1 heterocycles. The van der Waals surface area contributed by atoms with Crippen molar-refractivity contribution in [2.75, 3.05) is 5.12 Å². The van der Waals surface area contributed by atoms with Crippen molar-refractivity contribution in [1.29, 1.82) is 0 Å². The SMILES string of the molecule is NC1=NN(c2cccc3ccccc23)NC(c2cccc3ccccc23)=C1. The Balaban J connectivity index is 1.62. The Labute approximate surface area is 157 Å². The minimum Gasteiger partial charge on any atom is -0.382 e. The molecule has 4 aromatic carbocycles. The molecule has 3 N–H and O–H groups in total. The Hall–Kier alpha value is -3.79. The number of nitrogens with one attached hydrogen (secondary N) is 1. The van der Waals surface area contributed by atoms with Crippen molar-refractivity contribution in [2.24, 2.45) is 10.8 Å². The van der Waals surface area contributed by atoms with Crippen LogP contribution in [0, 0.1) is 0 Å². The maximum absolute atomic E-state index is 6.17. The molecule has 0 spiro atoms. The largest absolute Gasteiger partial charge is 0.382 e. The molecule has 4 heteroatoms. The highest BCUT2D eigenvalue weighted by molar-refractivity contribution is 6.05. The monoisotopic (exact) mass is 350 g/mol. The van der Waals surface area contributed by atoms with E-state index in [1.165, 1.54) is 10.8 Å². The Kier molecular flexibility index (Phi) is 3.54.